The van der Waals surface area contributed by atoms with Gasteiger partial charge in [-0.2, -0.15) is 0 Å². The van der Waals surface area contributed by atoms with Gasteiger partial charge in [0.25, 0.3) is 0 Å². The molecule has 0 amide bonds. The summed E-state index contributed by atoms with van der Waals surface area (Å²) in [6.45, 7) is 8.53. The highest BCUT2D eigenvalue weighted by molar-refractivity contribution is 5.82. The first-order valence-corrected chi connectivity index (χ1v) is 6.66. The summed E-state index contributed by atoms with van der Waals surface area (Å²) in [7, 11) is 0. The second-order valence-corrected chi connectivity index (χ2v) is 5.23. The molecule has 0 aromatic heterocycles. The molecule has 0 aliphatic rings. The lowest BCUT2D eigenvalue weighted by molar-refractivity contribution is -0.121. The van der Waals surface area contributed by atoms with Gasteiger partial charge in [-0.25, -0.2) is 0 Å². The maximum Gasteiger partial charge on any atom is 0.140 e. The normalized spacial score (nSPS) is 12.8. The van der Waals surface area contributed by atoms with E-state index < -0.39 is 0 Å². The highest BCUT2D eigenvalue weighted by Gasteiger charge is 2.12. The molecule has 0 bridgehead atoms. The first kappa shape index (κ1) is 14.0. The summed E-state index contributed by atoms with van der Waals surface area (Å²) in [5.41, 5.74) is 2.48. The molecule has 0 saturated heterocycles. The molecule has 0 fully saturated rings. The fraction of sp³-hybridized carbons (Fsp3) is 0.562. The Morgan fingerprint density at radius 3 is 2.18 bits per heavy atom. The lowest BCUT2D eigenvalue weighted by atomic mass is 9.94. The predicted molar refractivity (Wildman–Crippen MR) is 73.3 cm³/mol. The van der Waals surface area contributed by atoms with Crippen LogP contribution in [0.4, 0.5) is 0 Å². The van der Waals surface area contributed by atoms with Crippen LogP contribution in [0.5, 0.6) is 0 Å². The van der Waals surface area contributed by atoms with Crippen molar-refractivity contribution >= 4 is 5.78 Å². The molecule has 0 heterocycles. The number of hydrogen-bond donors (Lipinski definition) is 0. The van der Waals surface area contributed by atoms with Gasteiger partial charge in [0.1, 0.15) is 5.78 Å². The molecule has 94 valence electrons. The van der Waals surface area contributed by atoms with Gasteiger partial charge in [0, 0.05) is 12.3 Å². The Morgan fingerprint density at radius 2 is 1.71 bits per heavy atom. The van der Waals surface area contributed by atoms with Crippen LogP contribution in [0.2, 0.25) is 0 Å². The minimum atomic E-state index is 0.199. The summed E-state index contributed by atoms with van der Waals surface area (Å²) in [5.74, 6) is 1.12. The van der Waals surface area contributed by atoms with E-state index in [0.717, 1.165) is 18.4 Å². The lowest BCUT2D eigenvalue weighted by Crippen LogP contribution is -2.13. The van der Waals surface area contributed by atoms with Crippen molar-refractivity contribution in [3.8, 4) is 0 Å². The van der Waals surface area contributed by atoms with Crippen LogP contribution in [-0.4, -0.2) is 5.78 Å². The molecule has 1 rings (SSSR count). The van der Waals surface area contributed by atoms with Crippen LogP contribution >= 0.6 is 0 Å². The first-order chi connectivity index (χ1) is 8.04. The Labute approximate surface area is 105 Å². The van der Waals surface area contributed by atoms with Crippen LogP contribution in [0.15, 0.2) is 24.3 Å². The van der Waals surface area contributed by atoms with Gasteiger partial charge < -0.3 is 0 Å². The van der Waals surface area contributed by atoms with Crippen molar-refractivity contribution in [3.05, 3.63) is 35.4 Å². The quantitative estimate of drug-likeness (QED) is 0.712. The van der Waals surface area contributed by atoms with Crippen molar-refractivity contribution < 1.29 is 4.79 Å². The largest absolute Gasteiger partial charge is 0.299 e. The van der Waals surface area contributed by atoms with Crippen LogP contribution in [0.1, 0.15) is 57.6 Å². The van der Waals surface area contributed by atoms with E-state index in [1.165, 1.54) is 5.56 Å². The van der Waals surface area contributed by atoms with Gasteiger partial charge >= 0.3 is 0 Å². The lowest BCUT2D eigenvalue weighted by Gasteiger charge is -2.10. The molecule has 0 aliphatic carbocycles. The van der Waals surface area contributed by atoms with Crippen molar-refractivity contribution in [3.63, 3.8) is 0 Å². The summed E-state index contributed by atoms with van der Waals surface area (Å²) < 4.78 is 0. The monoisotopic (exact) mass is 232 g/mol. The van der Waals surface area contributed by atoms with E-state index in [1.54, 1.807) is 0 Å². The molecule has 0 N–H and O–H groups in total. The van der Waals surface area contributed by atoms with Crippen LogP contribution < -0.4 is 0 Å². The van der Waals surface area contributed by atoms with Crippen molar-refractivity contribution in [2.45, 2.75) is 52.9 Å². The second-order valence-electron chi connectivity index (χ2n) is 5.23. The molecule has 17 heavy (non-hydrogen) atoms. The molecule has 0 aliphatic heterocycles. The molecule has 0 spiro atoms. The van der Waals surface area contributed by atoms with Crippen molar-refractivity contribution in [2.24, 2.45) is 5.92 Å². The first-order valence-electron chi connectivity index (χ1n) is 6.66. The van der Waals surface area contributed by atoms with Gasteiger partial charge in [0.2, 0.25) is 0 Å². The van der Waals surface area contributed by atoms with E-state index in [1.807, 2.05) is 6.92 Å². The number of carbonyl (C=O) groups excluding carboxylic acids is 1. The zero-order chi connectivity index (χ0) is 12.8. The van der Waals surface area contributed by atoms with Crippen LogP contribution in [0, 0.1) is 5.92 Å². The van der Waals surface area contributed by atoms with Gasteiger partial charge in [-0.1, -0.05) is 58.4 Å². The summed E-state index contributed by atoms with van der Waals surface area (Å²) >= 11 is 0. The highest BCUT2D eigenvalue weighted by Crippen LogP contribution is 2.16. The molecule has 1 unspecified atom stereocenters. The number of Topliss-reactive ketones (excluding diaryl/α,β-unsaturated/α-hetero) is 1. The summed E-state index contributed by atoms with van der Waals surface area (Å²) in [6.07, 6.45) is 2.67. The minimum absolute atomic E-state index is 0.199. The fourth-order valence-corrected chi connectivity index (χ4v) is 1.99. The third kappa shape index (κ3) is 4.33. The molecule has 0 radical (unpaired) electrons. The Bertz CT molecular complexity index is 348. The topological polar surface area (TPSA) is 17.1 Å². The Morgan fingerprint density at radius 1 is 1.12 bits per heavy atom. The van der Waals surface area contributed by atoms with E-state index in [0.29, 0.717) is 18.1 Å². The molecular weight excluding hydrogens is 208 g/mol. The average Bonchev–Trinajstić information content (AvgIpc) is 2.30. The number of benzene rings is 1. The van der Waals surface area contributed by atoms with Crippen molar-refractivity contribution in [1.29, 1.82) is 0 Å². The summed E-state index contributed by atoms with van der Waals surface area (Å²) in [6, 6.07) is 8.45. The smallest absolute Gasteiger partial charge is 0.140 e. The molecule has 1 nitrogen and oxygen atoms in total. The molecule has 1 aromatic carbocycles. The SMILES string of the molecule is CCCC(C)C(=O)Cc1ccc(C(C)C)cc1. The van der Waals surface area contributed by atoms with Gasteiger partial charge in [-0.05, 0) is 23.5 Å². The zero-order valence-corrected chi connectivity index (χ0v) is 11.5. The van der Waals surface area contributed by atoms with E-state index >= 15 is 0 Å². The van der Waals surface area contributed by atoms with Crippen LogP contribution in [0.25, 0.3) is 0 Å². The molecule has 1 atom stereocenters. The highest BCUT2D eigenvalue weighted by atomic mass is 16.1. The van der Waals surface area contributed by atoms with E-state index in [-0.39, 0.29) is 5.92 Å². The molecule has 1 aromatic rings. The summed E-state index contributed by atoms with van der Waals surface area (Å²) in [4.78, 5) is 11.9. The third-order valence-electron chi connectivity index (χ3n) is 3.30. The Kier molecular flexibility index (Phi) is 5.40. The number of rotatable bonds is 6. The van der Waals surface area contributed by atoms with Crippen molar-refractivity contribution in [1.82, 2.24) is 0 Å². The Balaban J connectivity index is 2.60. The maximum absolute atomic E-state index is 11.9. The summed E-state index contributed by atoms with van der Waals surface area (Å²) in [5, 5.41) is 0. The molecule has 1 heteroatoms. The van der Waals surface area contributed by atoms with Crippen LogP contribution in [-0.2, 0) is 11.2 Å². The van der Waals surface area contributed by atoms with E-state index in [9.17, 15) is 4.79 Å². The van der Waals surface area contributed by atoms with Crippen molar-refractivity contribution in [2.75, 3.05) is 0 Å². The van der Waals surface area contributed by atoms with Gasteiger partial charge in [0.15, 0.2) is 0 Å². The average molecular weight is 232 g/mol. The standard InChI is InChI=1S/C16H24O/c1-5-6-13(4)16(17)11-14-7-9-15(10-8-14)12(2)3/h7-10,12-13H,5-6,11H2,1-4H3. The minimum Gasteiger partial charge on any atom is -0.299 e. The van der Waals surface area contributed by atoms with E-state index in [2.05, 4.69) is 45.0 Å². The van der Waals surface area contributed by atoms with E-state index in [4.69, 9.17) is 0 Å². The molecular formula is C16H24O. The van der Waals surface area contributed by atoms with Gasteiger partial charge in [-0.3, -0.25) is 4.79 Å². The fourth-order valence-electron chi connectivity index (χ4n) is 1.99. The van der Waals surface area contributed by atoms with Gasteiger partial charge in [-0.15, -0.1) is 0 Å². The third-order valence-corrected chi connectivity index (χ3v) is 3.30. The predicted octanol–water partition coefficient (Wildman–Crippen LogP) is 4.36. The maximum atomic E-state index is 11.9. The second kappa shape index (κ2) is 6.58. The number of ketones is 1. The molecule has 0 saturated carbocycles. The number of carbonyl (C=O) groups is 1. The van der Waals surface area contributed by atoms with Gasteiger partial charge in [0.05, 0.1) is 0 Å². The Hall–Kier alpha value is -1.11. The van der Waals surface area contributed by atoms with Crippen LogP contribution in [0.3, 0.4) is 0 Å². The number of hydrogen-bond acceptors (Lipinski definition) is 1. The zero-order valence-electron chi connectivity index (χ0n) is 11.5.